The van der Waals surface area contributed by atoms with Crippen LogP contribution in [0.25, 0.3) is 5.78 Å². The minimum atomic E-state index is -4.62. The Hall–Kier alpha value is -1.90. The summed E-state index contributed by atoms with van der Waals surface area (Å²) in [5.41, 5.74) is 0.520. The highest BCUT2D eigenvalue weighted by Crippen LogP contribution is 2.27. The van der Waals surface area contributed by atoms with Crippen LogP contribution >= 0.6 is 0 Å². The lowest BCUT2D eigenvalue weighted by molar-refractivity contribution is -0.144. The molecule has 9 heteroatoms. The zero-order valence-corrected chi connectivity index (χ0v) is 11.2. The largest absolute Gasteiger partial charge is 0.453 e. The summed E-state index contributed by atoms with van der Waals surface area (Å²) in [6.07, 6.45) is -5.25. The van der Waals surface area contributed by atoms with Gasteiger partial charge in [0.25, 0.3) is 11.6 Å². The molecule has 2 aromatic heterocycles. The maximum atomic E-state index is 12.6. The van der Waals surface area contributed by atoms with Crippen LogP contribution in [0, 0.1) is 6.92 Å². The maximum absolute atomic E-state index is 12.6. The predicted molar refractivity (Wildman–Crippen MR) is 65.5 cm³/mol. The summed E-state index contributed by atoms with van der Waals surface area (Å²) in [7, 11) is 1.65. The Bertz CT molecular complexity index is 622. The van der Waals surface area contributed by atoms with Crippen molar-refractivity contribution in [3.05, 3.63) is 17.6 Å². The van der Waals surface area contributed by atoms with Gasteiger partial charge in [0.2, 0.25) is 0 Å². The van der Waals surface area contributed by atoms with Crippen molar-refractivity contribution in [2.24, 2.45) is 0 Å². The average molecular weight is 289 g/mol. The molecular weight excluding hydrogens is 275 g/mol. The van der Waals surface area contributed by atoms with Crippen molar-refractivity contribution in [3.63, 3.8) is 0 Å². The van der Waals surface area contributed by atoms with Gasteiger partial charge in [0.1, 0.15) is 5.82 Å². The van der Waals surface area contributed by atoms with Crippen LogP contribution in [0.1, 0.15) is 18.4 Å². The first-order valence-corrected chi connectivity index (χ1v) is 5.89. The number of aliphatic hydroxyl groups is 1. The second kappa shape index (κ2) is 4.89. The van der Waals surface area contributed by atoms with Gasteiger partial charge in [-0.1, -0.05) is 0 Å². The number of aromatic nitrogens is 4. The zero-order valence-electron chi connectivity index (χ0n) is 11.2. The first-order chi connectivity index (χ1) is 9.18. The third kappa shape index (κ3) is 2.82. The molecule has 1 N–H and O–H groups in total. The van der Waals surface area contributed by atoms with Crippen molar-refractivity contribution in [2.75, 3.05) is 18.5 Å². The van der Waals surface area contributed by atoms with E-state index in [4.69, 9.17) is 0 Å². The van der Waals surface area contributed by atoms with Crippen LogP contribution in [0.3, 0.4) is 0 Å². The molecule has 0 amide bonds. The first-order valence-electron chi connectivity index (χ1n) is 5.89. The van der Waals surface area contributed by atoms with Gasteiger partial charge < -0.3 is 10.0 Å². The lowest BCUT2D eigenvalue weighted by Crippen LogP contribution is -2.29. The molecule has 6 nitrogen and oxygen atoms in total. The molecule has 0 saturated carbocycles. The van der Waals surface area contributed by atoms with E-state index in [-0.39, 0.29) is 12.3 Å². The highest BCUT2D eigenvalue weighted by atomic mass is 19.4. The molecule has 2 aromatic rings. The molecule has 0 aromatic carbocycles. The number of hydrogen-bond donors (Lipinski definition) is 1. The quantitative estimate of drug-likeness (QED) is 0.921. The van der Waals surface area contributed by atoms with E-state index in [2.05, 4.69) is 15.1 Å². The van der Waals surface area contributed by atoms with Crippen molar-refractivity contribution in [1.82, 2.24) is 19.6 Å². The number of aryl methyl sites for hydroxylation is 1. The number of alkyl halides is 3. The van der Waals surface area contributed by atoms with Crippen molar-refractivity contribution < 1.29 is 18.3 Å². The second-order valence-electron chi connectivity index (χ2n) is 4.63. The van der Waals surface area contributed by atoms with Gasteiger partial charge in [0, 0.05) is 25.4 Å². The van der Waals surface area contributed by atoms with Crippen molar-refractivity contribution in [3.8, 4) is 0 Å². The van der Waals surface area contributed by atoms with E-state index in [1.54, 1.807) is 31.9 Å². The Balaban J connectivity index is 2.56. The van der Waals surface area contributed by atoms with Crippen LogP contribution in [-0.4, -0.2) is 44.4 Å². The highest BCUT2D eigenvalue weighted by molar-refractivity contribution is 5.47. The molecule has 1 atom stereocenters. The molecule has 0 aliphatic heterocycles. The minimum Gasteiger partial charge on any atom is -0.392 e. The fourth-order valence-electron chi connectivity index (χ4n) is 1.85. The summed E-state index contributed by atoms with van der Waals surface area (Å²) >= 11 is 0. The number of nitrogens with zero attached hydrogens (tertiary/aromatic N) is 5. The summed E-state index contributed by atoms with van der Waals surface area (Å²) in [6.45, 7) is 3.49. The maximum Gasteiger partial charge on any atom is 0.453 e. The summed E-state index contributed by atoms with van der Waals surface area (Å²) in [5, 5.41) is 12.8. The number of rotatable bonds is 3. The summed E-state index contributed by atoms with van der Waals surface area (Å²) < 4.78 is 39.0. The fraction of sp³-hybridized carbons (Fsp3) is 0.545. The third-order valence-electron chi connectivity index (χ3n) is 2.60. The Morgan fingerprint density at radius 1 is 1.40 bits per heavy atom. The molecule has 20 heavy (non-hydrogen) atoms. The Morgan fingerprint density at radius 2 is 2.05 bits per heavy atom. The topological polar surface area (TPSA) is 66.5 Å². The van der Waals surface area contributed by atoms with Gasteiger partial charge in [0.05, 0.1) is 6.10 Å². The summed E-state index contributed by atoms with van der Waals surface area (Å²) in [6, 6.07) is 1.59. The lowest BCUT2D eigenvalue weighted by Gasteiger charge is -2.21. The Morgan fingerprint density at radius 3 is 2.60 bits per heavy atom. The van der Waals surface area contributed by atoms with Crippen molar-refractivity contribution >= 4 is 11.6 Å². The lowest BCUT2D eigenvalue weighted by atomic mass is 10.3. The standard InChI is InChI=1S/C11H14F3N5O/c1-6-4-8(18(3)5-7(2)20)19-10(15-6)16-9(17-19)11(12,13)14/h4,7,20H,5H2,1-3H3. The van der Waals surface area contributed by atoms with Crippen LogP contribution < -0.4 is 4.90 Å². The van der Waals surface area contributed by atoms with E-state index < -0.39 is 18.1 Å². The SMILES string of the molecule is Cc1cc(N(C)CC(C)O)n2nc(C(F)(F)F)nc2n1. The zero-order chi connectivity index (χ0) is 15.1. The molecule has 0 aliphatic carbocycles. The van der Waals surface area contributed by atoms with Gasteiger partial charge in [-0.25, -0.2) is 4.98 Å². The van der Waals surface area contributed by atoms with Crippen LogP contribution in [0.4, 0.5) is 19.0 Å². The monoisotopic (exact) mass is 289 g/mol. The van der Waals surface area contributed by atoms with Gasteiger partial charge in [-0.15, -0.1) is 5.10 Å². The van der Waals surface area contributed by atoms with Crippen LogP contribution in [0.5, 0.6) is 0 Å². The summed E-state index contributed by atoms with van der Waals surface area (Å²) in [4.78, 5) is 8.92. The van der Waals surface area contributed by atoms with Gasteiger partial charge in [-0.2, -0.15) is 22.7 Å². The molecular formula is C11H14F3N5O. The Kier molecular flexibility index (Phi) is 3.55. The number of anilines is 1. The molecule has 0 spiro atoms. The van der Waals surface area contributed by atoms with Gasteiger partial charge >= 0.3 is 6.18 Å². The van der Waals surface area contributed by atoms with E-state index in [1.807, 2.05) is 0 Å². The molecule has 2 heterocycles. The van der Waals surface area contributed by atoms with E-state index >= 15 is 0 Å². The molecule has 110 valence electrons. The molecule has 0 bridgehead atoms. The van der Waals surface area contributed by atoms with Crippen LogP contribution in [0.15, 0.2) is 6.07 Å². The van der Waals surface area contributed by atoms with Crippen LogP contribution in [-0.2, 0) is 6.18 Å². The van der Waals surface area contributed by atoms with Crippen molar-refractivity contribution in [2.45, 2.75) is 26.1 Å². The summed E-state index contributed by atoms with van der Waals surface area (Å²) in [5.74, 6) is -0.969. The average Bonchev–Trinajstić information content (AvgIpc) is 2.69. The van der Waals surface area contributed by atoms with E-state index in [0.29, 0.717) is 11.5 Å². The number of likely N-dealkylation sites (N-methyl/N-ethyl adjacent to an activating group) is 1. The first kappa shape index (κ1) is 14.5. The number of hydrogen-bond acceptors (Lipinski definition) is 5. The van der Waals surface area contributed by atoms with Crippen molar-refractivity contribution in [1.29, 1.82) is 0 Å². The minimum absolute atomic E-state index is 0.121. The van der Waals surface area contributed by atoms with Gasteiger partial charge in [0.15, 0.2) is 0 Å². The molecule has 0 fully saturated rings. The number of aliphatic hydroxyl groups excluding tert-OH is 1. The second-order valence-corrected chi connectivity index (χ2v) is 4.63. The van der Waals surface area contributed by atoms with Crippen LogP contribution in [0.2, 0.25) is 0 Å². The normalized spacial score (nSPS) is 13.8. The van der Waals surface area contributed by atoms with E-state index in [9.17, 15) is 18.3 Å². The third-order valence-corrected chi connectivity index (χ3v) is 2.60. The Labute approximate surface area is 112 Å². The predicted octanol–water partition coefficient (Wildman–Crippen LogP) is 1.27. The molecule has 0 radical (unpaired) electrons. The number of halogens is 3. The fourth-order valence-corrected chi connectivity index (χ4v) is 1.85. The molecule has 0 aliphatic rings. The van der Waals surface area contributed by atoms with E-state index in [0.717, 1.165) is 4.52 Å². The molecule has 2 rings (SSSR count). The number of fused-ring (bicyclic) bond motifs is 1. The molecule has 0 saturated heterocycles. The molecule has 1 unspecified atom stereocenters. The van der Waals surface area contributed by atoms with Gasteiger partial charge in [-0.05, 0) is 13.8 Å². The highest BCUT2D eigenvalue weighted by Gasteiger charge is 2.37. The van der Waals surface area contributed by atoms with Gasteiger partial charge in [-0.3, -0.25) is 0 Å². The smallest absolute Gasteiger partial charge is 0.392 e. The van der Waals surface area contributed by atoms with E-state index in [1.165, 1.54) is 0 Å².